The van der Waals surface area contributed by atoms with E-state index < -0.39 is 6.43 Å². The summed E-state index contributed by atoms with van der Waals surface area (Å²) in [5.74, 6) is 1.84. The molecule has 0 radical (unpaired) electrons. The van der Waals surface area contributed by atoms with Crippen LogP contribution in [0.1, 0.15) is 51.3 Å². The smallest absolute Gasteiger partial charge is 0.296 e. The van der Waals surface area contributed by atoms with Crippen molar-refractivity contribution < 1.29 is 13.5 Å². The predicted molar refractivity (Wildman–Crippen MR) is 139 cm³/mol. The van der Waals surface area contributed by atoms with Crippen LogP contribution in [-0.2, 0) is 4.74 Å². The number of nitrogens with zero attached hydrogens (tertiary/aromatic N) is 5. The third-order valence-electron chi connectivity index (χ3n) is 6.65. The molecule has 1 atom stereocenters. The summed E-state index contributed by atoms with van der Waals surface area (Å²) in [4.78, 5) is 15.8. The number of benzene rings is 1. The SMILES string of the molecule is CNC.C[C@H]1COCCN1c1cc(-n2c(C(F)F)nc3ccccc32)nc(NCC2CCCCC2)n1. The number of para-hydroxylation sites is 2. The fraction of sp³-hybridized carbons (Fsp3) is 0.577. The van der Waals surface area contributed by atoms with E-state index >= 15 is 0 Å². The number of ether oxygens (including phenoxy) is 1. The zero-order valence-corrected chi connectivity index (χ0v) is 21.4. The summed E-state index contributed by atoms with van der Waals surface area (Å²) in [7, 11) is 3.75. The number of hydrogen-bond donors (Lipinski definition) is 2. The Morgan fingerprint density at radius 1 is 1.06 bits per heavy atom. The lowest BCUT2D eigenvalue weighted by Crippen LogP contribution is -2.44. The van der Waals surface area contributed by atoms with Crippen LogP contribution >= 0.6 is 0 Å². The minimum atomic E-state index is -2.73. The van der Waals surface area contributed by atoms with Gasteiger partial charge >= 0.3 is 0 Å². The van der Waals surface area contributed by atoms with Gasteiger partial charge in [0.1, 0.15) is 11.6 Å². The molecular weight excluding hydrogens is 464 g/mol. The van der Waals surface area contributed by atoms with Gasteiger partial charge in [-0.15, -0.1) is 0 Å². The van der Waals surface area contributed by atoms with E-state index in [0.29, 0.717) is 54.3 Å². The first-order valence-corrected chi connectivity index (χ1v) is 12.8. The molecule has 1 saturated carbocycles. The van der Waals surface area contributed by atoms with Crippen molar-refractivity contribution in [1.82, 2.24) is 24.8 Å². The maximum atomic E-state index is 14.0. The molecule has 5 rings (SSSR count). The van der Waals surface area contributed by atoms with E-state index in [4.69, 9.17) is 9.72 Å². The van der Waals surface area contributed by atoms with Crippen molar-refractivity contribution in [2.75, 3.05) is 50.6 Å². The van der Waals surface area contributed by atoms with E-state index in [0.717, 1.165) is 6.54 Å². The molecule has 2 aliphatic rings. The van der Waals surface area contributed by atoms with Crippen LogP contribution in [0.25, 0.3) is 16.9 Å². The summed E-state index contributed by atoms with van der Waals surface area (Å²) < 4.78 is 35.0. The number of anilines is 2. The van der Waals surface area contributed by atoms with Gasteiger partial charge in [0.15, 0.2) is 5.82 Å². The highest BCUT2D eigenvalue weighted by Gasteiger charge is 2.25. The second-order valence-corrected chi connectivity index (χ2v) is 9.51. The molecule has 1 aromatic carbocycles. The Balaban J connectivity index is 0.000000967. The van der Waals surface area contributed by atoms with Gasteiger partial charge in [-0.05, 0) is 51.9 Å². The van der Waals surface area contributed by atoms with Crippen molar-refractivity contribution in [1.29, 1.82) is 0 Å². The van der Waals surface area contributed by atoms with Crippen LogP contribution < -0.4 is 15.5 Å². The fourth-order valence-corrected chi connectivity index (χ4v) is 4.89. The van der Waals surface area contributed by atoms with Gasteiger partial charge in [-0.2, -0.15) is 9.97 Å². The second-order valence-electron chi connectivity index (χ2n) is 9.51. The number of aromatic nitrogens is 4. The van der Waals surface area contributed by atoms with Gasteiger partial charge < -0.3 is 20.3 Å². The number of hydrogen-bond acceptors (Lipinski definition) is 7. The number of nitrogens with one attached hydrogen (secondary N) is 2. The lowest BCUT2D eigenvalue weighted by atomic mass is 9.89. The molecule has 0 amide bonds. The predicted octanol–water partition coefficient (Wildman–Crippen LogP) is 4.81. The molecule has 1 aliphatic carbocycles. The van der Waals surface area contributed by atoms with Crippen LogP contribution in [-0.4, -0.2) is 66.0 Å². The number of rotatable bonds is 6. The molecule has 2 fully saturated rings. The summed E-state index contributed by atoms with van der Waals surface area (Å²) in [5, 5.41) is 6.16. The molecule has 36 heavy (non-hydrogen) atoms. The minimum absolute atomic E-state index is 0.127. The van der Waals surface area contributed by atoms with Crippen molar-refractivity contribution in [2.45, 2.75) is 51.5 Å². The molecule has 3 aromatic rings. The van der Waals surface area contributed by atoms with Crippen molar-refractivity contribution in [3.05, 3.63) is 36.2 Å². The van der Waals surface area contributed by atoms with E-state index in [2.05, 4.69) is 32.4 Å². The molecule has 1 aliphatic heterocycles. The standard InChI is InChI=1S/C24H30F2N6O.C2H7N/c1-16-15-33-12-11-31(16)20-13-21(30-24(29-20)27-14-17-7-3-2-4-8-17)32-19-10-6-5-9-18(19)28-23(32)22(25)26;1-3-2/h5-6,9-10,13,16-17,22H,2-4,7-8,11-12,14-15H2,1H3,(H,27,29,30);3H,1-2H3/t16-;/m0./s1. The summed E-state index contributed by atoms with van der Waals surface area (Å²) in [6.07, 6.45) is 3.47. The Morgan fingerprint density at radius 2 is 1.78 bits per heavy atom. The average Bonchev–Trinajstić information content (AvgIpc) is 3.29. The van der Waals surface area contributed by atoms with Crippen LogP contribution in [0.3, 0.4) is 0 Å². The molecule has 196 valence electrons. The van der Waals surface area contributed by atoms with Crippen LogP contribution in [0.5, 0.6) is 0 Å². The number of fused-ring (bicyclic) bond motifs is 1. The quantitative estimate of drug-likeness (QED) is 0.502. The first-order chi connectivity index (χ1) is 17.5. The summed E-state index contributed by atoms with van der Waals surface area (Å²) >= 11 is 0. The van der Waals surface area contributed by atoms with Gasteiger partial charge in [0, 0.05) is 19.2 Å². The number of imidazole rings is 1. The zero-order valence-electron chi connectivity index (χ0n) is 21.4. The molecule has 0 bridgehead atoms. The Kier molecular flexibility index (Phi) is 9.03. The fourth-order valence-electron chi connectivity index (χ4n) is 4.89. The highest BCUT2D eigenvalue weighted by Crippen LogP contribution is 2.30. The Bertz CT molecular complexity index is 1120. The molecule has 3 heterocycles. The molecule has 0 unspecified atom stereocenters. The van der Waals surface area contributed by atoms with Gasteiger partial charge in [0.2, 0.25) is 5.95 Å². The Morgan fingerprint density at radius 3 is 2.50 bits per heavy atom. The third-order valence-corrected chi connectivity index (χ3v) is 6.65. The Hall–Kier alpha value is -2.85. The van der Waals surface area contributed by atoms with Crippen LogP contribution in [0.2, 0.25) is 0 Å². The van der Waals surface area contributed by atoms with Crippen LogP contribution in [0, 0.1) is 5.92 Å². The number of halogens is 2. The highest BCUT2D eigenvalue weighted by atomic mass is 19.3. The van der Waals surface area contributed by atoms with Gasteiger partial charge in [0.25, 0.3) is 6.43 Å². The Labute approximate surface area is 211 Å². The summed E-state index contributed by atoms with van der Waals surface area (Å²) in [5.41, 5.74) is 1.12. The maximum Gasteiger partial charge on any atom is 0.296 e. The number of morpholine rings is 1. The molecule has 2 aromatic heterocycles. The van der Waals surface area contributed by atoms with Crippen molar-refractivity contribution in [2.24, 2.45) is 5.92 Å². The lowest BCUT2D eigenvalue weighted by Gasteiger charge is -2.34. The summed E-state index contributed by atoms with van der Waals surface area (Å²) in [6.45, 7) is 4.75. The van der Waals surface area contributed by atoms with Gasteiger partial charge in [-0.3, -0.25) is 4.57 Å². The third kappa shape index (κ3) is 6.10. The molecular formula is C26H37F2N7O. The van der Waals surface area contributed by atoms with E-state index in [1.165, 1.54) is 36.7 Å². The maximum absolute atomic E-state index is 14.0. The molecule has 2 N–H and O–H groups in total. The normalized spacial score (nSPS) is 18.8. The van der Waals surface area contributed by atoms with Gasteiger partial charge in [-0.1, -0.05) is 31.4 Å². The van der Waals surface area contributed by atoms with Crippen molar-refractivity contribution >= 4 is 22.8 Å². The molecule has 0 spiro atoms. The average molecular weight is 502 g/mol. The lowest BCUT2D eigenvalue weighted by molar-refractivity contribution is 0.0985. The first-order valence-electron chi connectivity index (χ1n) is 12.8. The number of alkyl halides is 2. The first kappa shape index (κ1) is 26.2. The zero-order chi connectivity index (χ0) is 25.5. The largest absolute Gasteiger partial charge is 0.377 e. The van der Waals surface area contributed by atoms with Crippen molar-refractivity contribution in [3.63, 3.8) is 0 Å². The van der Waals surface area contributed by atoms with E-state index in [-0.39, 0.29) is 11.9 Å². The van der Waals surface area contributed by atoms with Crippen LogP contribution in [0.15, 0.2) is 30.3 Å². The highest BCUT2D eigenvalue weighted by molar-refractivity contribution is 5.78. The second kappa shape index (κ2) is 12.4. The molecule has 8 nitrogen and oxygen atoms in total. The van der Waals surface area contributed by atoms with Crippen LogP contribution in [0.4, 0.5) is 20.5 Å². The van der Waals surface area contributed by atoms with E-state index in [9.17, 15) is 8.78 Å². The molecule has 1 saturated heterocycles. The minimum Gasteiger partial charge on any atom is -0.377 e. The summed E-state index contributed by atoms with van der Waals surface area (Å²) in [6, 6.07) is 9.07. The van der Waals surface area contributed by atoms with E-state index in [1.54, 1.807) is 24.3 Å². The molecule has 10 heteroatoms. The topological polar surface area (TPSA) is 80.1 Å². The van der Waals surface area contributed by atoms with Crippen molar-refractivity contribution in [3.8, 4) is 5.82 Å². The van der Waals surface area contributed by atoms with Gasteiger partial charge in [0.05, 0.1) is 30.3 Å². The van der Waals surface area contributed by atoms with Gasteiger partial charge in [-0.25, -0.2) is 13.8 Å². The van der Waals surface area contributed by atoms with E-state index in [1.807, 2.05) is 20.2 Å². The monoisotopic (exact) mass is 501 g/mol.